The summed E-state index contributed by atoms with van der Waals surface area (Å²) in [6.07, 6.45) is 6.35. The highest BCUT2D eigenvalue weighted by Gasteiger charge is 2.31. The molecule has 4 rings (SSSR count). The van der Waals surface area contributed by atoms with E-state index in [0.717, 1.165) is 50.3 Å². The predicted octanol–water partition coefficient (Wildman–Crippen LogP) is 3.36. The van der Waals surface area contributed by atoms with Gasteiger partial charge in [-0.3, -0.25) is 4.79 Å². The van der Waals surface area contributed by atoms with E-state index >= 15 is 0 Å². The molecule has 0 radical (unpaired) electrons. The van der Waals surface area contributed by atoms with Crippen LogP contribution in [0.3, 0.4) is 0 Å². The molecule has 3 heterocycles. The smallest absolute Gasteiger partial charge is 0.253 e. The van der Waals surface area contributed by atoms with Gasteiger partial charge >= 0.3 is 0 Å². The molecule has 1 fully saturated rings. The minimum atomic E-state index is -3.64. The lowest BCUT2D eigenvalue weighted by atomic mass is 9.96. The van der Waals surface area contributed by atoms with Crippen LogP contribution >= 0.6 is 0 Å². The summed E-state index contributed by atoms with van der Waals surface area (Å²) in [4.78, 5) is 15.5. The van der Waals surface area contributed by atoms with E-state index < -0.39 is 10.0 Å². The molecule has 1 aromatic heterocycles. The molecule has 2 aliphatic rings. The van der Waals surface area contributed by atoms with Gasteiger partial charge in [0.15, 0.2) is 0 Å². The van der Waals surface area contributed by atoms with E-state index in [1.54, 1.807) is 25.1 Å². The van der Waals surface area contributed by atoms with Crippen LogP contribution in [0.1, 0.15) is 79.4 Å². The van der Waals surface area contributed by atoms with Crippen molar-refractivity contribution in [2.24, 2.45) is 0 Å². The van der Waals surface area contributed by atoms with Gasteiger partial charge in [-0.15, -0.1) is 10.2 Å². The molecule has 2 aromatic rings. The fraction of sp³-hybridized carbons (Fsp3) is 0.625. The van der Waals surface area contributed by atoms with Gasteiger partial charge in [-0.05, 0) is 50.3 Å². The number of piperidine rings is 1. The fourth-order valence-corrected chi connectivity index (χ4v) is 6.79. The predicted molar refractivity (Wildman–Crippen MR) is 127 cm³/mol. The summed E-state index contributed by atoms with van der Waals surface area (Å²) >= 11 is 0. The topological polar surface area (TPSA) is 88.4 Å². The van der Waals surface area contributed by atoms with Crippen LogP contribution in [0.25, 0.3) is 0 Å². The highest BCUT2D eigenvalue weighted by molar-refractivity contribution is 7.89. The minimum Gasteiger partial charge on any atom is -0.338 e. The molecule has 1 saturated heterocycles. The summed E-state index contributed by atoms with van der Waals surface area (Å²) in [7, 11) is -3.64. The number of fused-ring (bicyclic) bond motifs is 1. The molecule has 0 saturated carbocycles. The minimum absolute atomic E-state index is 0.119. The maximum absolute atomic E-state index is 13.4. The van der Waals surface area contributed by atoms with E-state index in [4.69, 9.17) is 0 Å². The third kappa shape index (κ3) is 4.71. The zero-order valence-electron chi connectivity index (χ0n) is 20.0. The lowest BCUT2D eigenvalue weighted by Crippen LogP contribution is -2.40. The number of benzene rings is 1. The molecule has 8 nitrogen and oxygen atoms in total. The molecule has 0 N–H and O–H groups in total. The SMILES string of the molecule is CCN(CC)S(=O)(=O)c1cc(C(=O)N2CCCC(c3nnc4n3CCCCC4)C2)ccc1C. The van der Waals surface area contributed by atoms with Crippen LogP contribution in [0.15, 0.2) is 23.1 Å². The molecule has 0 spiro atoms. The molecule has 180 valence electrons. The second kappa shape index (κ2) is 9.93. The van der Waals surface area contributed by atoms with E-state index in [1.807, 2.05) is 18.7 Å². The van der Waals surface area contributed by atoms with Crippen molar-refractivity contribution in [3.05, 3.63) is 41.0 Å². The molecule has 1 unspecified atom stereocenters. The van der Waals surface area contributed by atoms with Crippen molar-refractivity contribution in [1.29, 1.82) is 0 Å². The van der Waals surface area contributed by atoms with Crippen LogP contribution < -0.4 is 0 Å². The number of amides is 1. The highest BCUT2D eigenvalue weighted by Crippen LogP contribution is 2.29. The normalized spacial score (nSPS) is 19.4. The number of likely N-dealkylation sites (tertiary alicyclic amines) is 1. The maximum Gasteiger partial charge on any atom is 0.253 e. The standard InChI is InChI=1S/C24H35N5O3S/c1-4-28(5-2)33(31,32)21-16-19(13-12-18(21)3)24(30)27-14-9-10-20(17-27)23-26-25-22-11-7-6-8-15-29(22)23/h12-13,16,20H,4-11,14-15,17H2,1-3H3. The van der Waals surface area contributed by atoms with Crippen LogP contribution in [-0.4, -0.2) is 64.5 Å². The van der Waals surface area contributed by atoms with Gasteiger partial charge in [0.2, 0.25) is 10.0 Å². The van der Waals surface area contributed by atoms with Crippen molar-refractivity contribution in [3.63, 3.8) is 0 Å². The summed E-state index contributed by atoms with van der Waals surface area (Å²) < 4.78 is 29.9. The van der Waals surface area contributed by atoms with E-state index in [9.17, 15) is 13.2 Å². The third-order valence-electron chi connectivity index (χ3n) is 6.97. The van der Waals surface area contributed by atoms with Crippen LogP contribution in [0.5, 0.6) is 0 Å². The monoisotopic (exact) mass is 473 g/mol. The summed E-state index contributed by atoms with van der Waals surface area (Å²) in [5, 5.41) is 8.96. The summed E-state index contributed by atoms with van der Waals surface area (Å²) in [6.45, 7) is 8.42. The number of aromatic nitrogens is 3. The van der Waals surface area contributed by atoms with Crippen LogP contribution in [0.2, 0.25) is 0 Å². The molecule has 1 aromatic carbocycles. The summed E-state index contributed by atoms with van der Waals surface area (Å²) in [5.74, 6) is 2.10. The van der Waals surface area contributed by atoms with E-state index in [2.05, 4.69) is 14.8 Å². The molecule has 1 atom stereocenters. The van der Waals surface area contributed by atoms with Crippen molar-refractivity contribution in [3.8, 4) is 0 Å². The first kappa shape index (κ1) is 23.9. The number of carbonyl (C=O) groups is 1. The average Bonchev–Trinajstić information content (AvgIpc) is 3.07. The first-order valence-electron chi connectivity index (χ1n) is 12.2. The first-order valence-corrected chi connectivity index (χ1v) is 13.6. The van der Waals surface area contributed by atoms with Crippen molar-refractivity contribution >= 4 is 15.9 Å². The van der Waals surface area contributed by atoms with Gasteiger partial charge in [0.05, 0.1) is 4.90 Å². The van der Waals surface area contributed by atoms with Crippen molar-refractivity contribution in [1.82, 2.24) is 24.0 Å². The van der Waals surface area contributed by atoms with Crippen LogP contribution in [0.4, 0.5) is 0 Å². The second-order valence-corrected chi connectivity index (χ2v) is 11.0. The summed E-state index contributed by atoms with van der Waals surface area (Å²) in [5.41, 5.74) is 1.08. The third-order valence-corrected chi connectivity index (χ3v) is 9.16. The number of sulfonamides is 1. The van der Waals surface area contributed by atoms with E-state index in [1.165, 1.54) is 10.7 Å². The van der Waals surface area contributed by atoms with Crippen molar-refractivity contribution in [2.75, 3.05) is 26.2 Å². The van der Waals surface area contributed by atoms with E-state index in [-0.39, 0.29) is 16.7 Å². The Balaban J connectivity index is 1.57. The van der Waals surface area contributed by atoms with Crippen LogP contribution in [-0.2, 0) is 23.0 Å². The Hall–Kier alpha value is -2.26. The Bertz CT molecular complexity index is 1110. The molecular weight excluding hydrogens is 438 g/mol. The maximum atomic E-state index is 13.4. The molecular formula is C24H35N5O3S. The molecule has 33 heavy (non-hydrogen) atoms. The van der Waals surface area contributed by atoms with Crippen LogP contribution in [0, 0.1) is 6.92 Å². The highest BCUT2D eigenvalue weighted by atomic mass is 32.2. The largest absolute Gasteiger partial charge is 0.338 e. The van der Waals surface area contributed by atoms with Gasteiger partial charge < -0.3 is 9.47 Å². The number of rotatable bonds is 6. The Labute approximate surface area is 197 Å². The fourth-order valence-electron chi connectivity index (χ4n) is 5.08. The van der Waals surface area contributed by atoms with Crippen molar-refractivity contribution < 1.29 is 13.2 Å². The molecule has 0 bridgehead atoms. The van der Waals surface area contributed by atoms with Gasteiger partial charge in [0, 0.05) is 50.6 Å². The van der Waals surface area contributed by atoms with Gasteiger partial charge in [-0.2, -0.15) is 4.31 Å². The number of hydrogen-bond acceptors (Lipinski definition) is 5. The van der Waals surface area contributed by atoms with Gasteiger partial charge in [0.1, 0.15) is 11.6 Å². The average molecular weight is 474 g/mol. The second-order valence-electron chi connectivity index (χ2n) is 9.10. The number of carbonyl (C=O) groups excluding carboxylic acids is 1. The Kier molecular flexibility index (Phi) is 7.19. The number of nitrogens with zero attached hydrogens (tertiary/aromatic N) is 5. The number of hydrogen-bond donors (Lipinski definition) is 0. The molecule has 0 aliphatic carbocycles. The Morgan fingerprint density at radius 1 is 1.09 bits per heavy atom. The quantitative estimate of drug-likeness (QED) is 0.642. The first-order chi connectivity index (χ1) is 15.9. The Morgan fingerprint density at radius 2 is 1.88 bits per heavy atom. The summed E-state index contributed by atoms with van der Waals surface area (Å²) in [6, 6.07) is 5.03. The zero-order chi connectivity index (χ0) is 23.6. The van der Waals surface area contributed by atoms with E-state index in [0.29, 0.717) is 37.3 Å². The van der Waals surface area contributed by atoms with Gasteiger partial charge in [0.25, 0.3) is 5.91 Å². The molecule has 1 amide bonds. The van der Waals surface area contributed by atoms with Crippen molar-refractivity contribution in [2.45, 2.75) is 76.7 Å². The van der Waals surface area contributed by atoms with Gasteiger partial charge in [-0.25, -0.2) is 8.42 Å². The Morgan fingerprint density at radius 3 is 2.64 bits per heavy atom. The number of aryl methyl sites for hydroxylation is 2. The lowest BCUT2D eigenvalue weighted by molar-refractivity contribution is 0.0703. The lowest BCUT2D eigenvalue weighted by Gasteiger charge is -2.32. The van der Waals surface area contributed by atoms with Gasteiger partial charge in [-0.1, -0.05) is 26.3 Å². The zero-order valence-corrected chi connectivity index (χ0v) is 20.8. The molecule has 9 heteroatoms. The molecule has 2 aliphatic heterocycles.